The highest BCUT2D eigenvalue weighted by Gasteiger charge is 2.54. The lowest BCUT2D eigenvalue weighted by Gasteiger charge is -2.43. The molecule has 3 fully saturated rings. The summed E-state index contributed by atoms with van der Waals surface area (Å²) in [7, 11) is 0. The third kappa shape index (κ3) is 1.23. The van der Waals surface area contributed by atoms with Gasteiger partial charge in [0.15, 0.2) is 6.29 Å². The standard InChI is InChI=1S/C11H18O3/c1-10-6-7-12-9(10)13-14-11(8-10)4-2-3-5-11/h9H,2-8H2,1H3/t9-,10+/m1/s1. The Balaban J connectivity index is 1.81. The van der Waals surface area contributed by atoms with Gasteiger partial charge in [0.25, 0.3) is 0 Å². The van der Waals surface area contributed by atoms with Crippen molar-refractivity contribution in [2.45, 2.75) is 57.3 Å². The fraction of sp³-hybridized carbons (Fsp3) is 1.00. The Morgan fingerprint density at radius 1 is 1.14 bits per heavy atom. The van der Waals surface area contributed by atoms with Gasteiger partial charge in [0, 0.05) is 5.41 Å². The van der Waals surface area contributed by atoms with E-state index in [9.17, 15) is 0 Å². The average molecular weight is 198 g/mol. The van der Waals surface area contributed by atoms with Crippen molar-refractivity contribution in [3.8, 4) is 0 Å². The van der Waals surface area contributed by atoms with Gasteiger partial charge in [-0.2, -0.15) is 0 Å². The van der Waals surface area contributed by atoms with Crippen LogP contribution in [0.2, 0.25) is 0 Å². The van der Waals surface area contributed by atoms with Gasteiger partial charge in [-0.1, -0.05) is 19.8 Å². The van der Waals surface area contributed by atoms with Crippen molar-refractivity contribution in [2.75, 3.05) is 6.61 Å². The molecule has 0 unspecified atom stereocenters. The van der Waals surface area contributed by atoms with Gasteiger partial charge in [-0.25, -0.2) is 9.78 Å². The lowest BCUT2D eigenvalue weighted by molar-refractivity contribution is -0.463. The lowest BCUT2D eigenvalue weighted by atomic mass is 9.75. The molecule has 2 heterocycles. The molecule has 2 atom stereocenters. The molecule has 14 heavy (non-hydrogen) atoms. The molecular weight excluding hydrogens is 180 g/mol. The van der Waals surface area contributed by atoms with Crippen LogP contribution < -0.4 is 0 Å². The third-order valence-electron chi connectivity index (χ3n) is 4.06. The number of hydrogen-bond acceptors (Lipinski definition) is 3. The highest BCUT2D eigenvalue weighted by atomic mass is 17.2. The summed E-state index contributed by atoms with van der Waals surface area (Å²) in [4.78, 5) is 11.0. The molecule has 1 spiro atoms. The number of hydrogen-bond donors (Lipinski definition) is 0. The van der Waals surface area contributed by atoms with Crippen LogP contribution in [0.4, 0.5) is 0 Å². The Morgan fingerprint density at radius 2 is 1.93 bits per heavy atom. The van der Waals surface area contributed by atoms with Gasteiger partial charge in [-0.05, 0) is 25.7 Å². The Bertz CT molecular complexity index is 232. The van der Waals surface area contributed by atoms with Crippen LogP contribution in [0.3, 0.4) is 0 Å². The Hall–Kier alpha value is -0.120. The van der Waals surface area contributed by atoms with Gasteiger partial charge < -0.3 is 4.74 Å². The van der Waals surface area contributed by atoms with Crippen LogP contribution in [0.15, 0.2) is 0 Å². The number of ether oxygens (including phenoxy) is 1. The first-order chi connectivity index (χ1) is 6.73. The molecule has 80 valence electrons. The predicted octanol–water partition coefficient (Wildman–Crippen LogP) is 2.40. The minimum Gasteiger partial charge on any atom is -0.349 e. The fourth-order valence-electron chi connectivity index (χ4n) is 3.22. The number of rotatable bonds is 0. The SMILES string of the molecule is C[C@@]12CCO[C@@H]1OOC1(CCCC1)C2. The first-order valence-electron chi connectivity index (χ1n) is 5.69. The van der Waals surface area contributed by atoms with Crippen molar-refractivity contribution < 1.29 is 14.5 Å². The summed E-state index contributed by atoms with van der Waals surface area (Å²) in [6.45, 7) is 3.09. The van der Waals surface area contributed by atoms with Crippen molar-refractivity contribution in [1.82, 2.24) is 0 Å². The van der Waals surface area contributed by atoms with E-state index in [1.54, 1.807) is 0 Å². The van der Waals surface area contributed by atoms with Crippen molar-refractivity contribution in [1.29, 1.82) is 0 Å². The summed E-state index contributed by atoms with van der Waals surface area (Å²) in [5, 5.41) is 0. The quantitative estimate of drug-likeness (QED) is 0.559. The normalized spacial score (nSPS) is 45.6. The first-order valence-corrected chi connectivity index (χ1v) is 5.69. The predicted molar refractivity (Wildman–Crippen MR) is 50.5 cm³/mol. The monoisotopic (exact) mass is 198 g/mol. The smallest absolute Gasteiger partial charge is 0.196 e. The summed E-state index contributed by atoms with van der Waals surface area (Å²) in [5.74, 6) is 0. The van der Waals surface area contributed by atoms with E-state index < -0.39 is 0 Å². The summed E-state index contributed by atoms with van der Waals surface area (Å²) in [6, 6.07) is 0. The van der Waals surface area contributed by atoms with Crippen LogP contribution in [-0.2, 0) is 14.5 Å². The highest BCUT2D eigenvalue weighted by Crippen LogP contribution is 2.52. The summed E-state index contributed by atoms with van der Waals surface area (Å²) in [5.41, 5.74) is 0.224. The second-order valence-corrected chi connectivity index (χ2v) is 5.35. The Morgan fingerprint density at radius 3 is 2.71 bits per heavy atom. The molecule has 0 aromatic heterocycles. The molecule has 0 N–H and O–H groups in total. The highest BCUT2D eigenvalue weighted by molar-refractivity contribution is 4.97. The largest absolute Gasteiger partial charge is 0.349 e. The molecule has 0 aromatic rings. The van der Waals surface area contributed by atoms with Gasteiger partial charge in [0.05, 0.1) is 6.61 Å². The van der Waals surface area contributed by atoms with Crippen molar-refractivity contribution in [3.63, 3.8) is 0 Å². The summed E-state index contributed by atoms with van der Waals surface area (Å²) < 4.78 is 5.52. The van der Waals surface area contributed by atoms with Crippen LogP contribution in [0, 0.1) is 5.41 Å². The molecule has 3 aliphatic rings. The molecule has 0 bridgehead atoms. The molecule has 2 aliphatic heterocycles. The Kier molecular flexibility index (Phi) is 1.92. The van der Waals surface area contributed by atoms with Gasteiger partial charge in [-0.3, -0.25) is 0 Å². The van der Waals surface area contributed by atoms with Crippen LogP contribution in [0.1, 0.15) is 45.4 Å². The van der Waals surface area contributed by atoms with Crippen LogP contribution >= 0.6 is 0 Å². The van der Waals surface area contributed by atoms with Gasteiger partial charge >= 0.3 is 0 Å². The first kappa shape index (κ1) is 9.13. The molecule has 3 nitrogen and oxygen atoms in total. The Labute approximate surface area is 84.6 Å². The molecule has 0 aromatic carbocycles. The zero-order chi connectivity index (χ0) is 9.65. The van der Waals surface area contributed by atoms with Crippen LogP contribution in [0.25, 0.3) is 0 Å². The van der Waals surface area contributed by atoms with Gasteiger partial charge in [0.2, 0.25) is 0 Å². The van der Waals surface area contributed by atoms with E-state index in [0.717, 1.165) is 32.3 Å². The van der Waals surface area contributed by atoms with Gasteiger partial charge in [-0.15, -0.1) is 0 Å². The molecule has 0 radical (unpaired) electrons. The van der Waals surface area contributed by atoms with E-state index in [1.807, 2.05) is 0 Å². The van der Waals surface area contributed by atoms with E-state index in [-0.39, 0.29) is 17.3 Å². The van der Waals surface area contributed by atoms with E-state index >= 15 is 0 Å². The zero-order valence-electron chi connectivity index (χ0n) is 8.75. The van der Waals surface area contributed by atoms with E-state index in [2.05, 4.69) is 6.92 Å². The van der Waals surface area contributed by atoms with E-state index in [0.29, 0.717) is 0 Å². The molecular formula is C11H18O3. The van der Waals surface area contributed by atoms with Crippen molar-refractivity contribution in [2.24, 2.45) is 5.41 Å². The second kappa shape index (κ2) is 2.94. The van der Waals surface area contributed by atoms with E-state index in [4.69, 9.17) is 14.5 Å². The van der Waals surface area contributed by atoms with Crippen molar-refractivity contribution in [3.05, 3.63) is 0 Å². The van der Waals surface area contributed by atoms with Crippen LogP contribution in [0.5, 0.6) is 0 Å². The van der Waals surface area contributed by atoms with Crippen LogP contribution in [-0.4, -0.2) is 18.5 Å². The number of fused-ring (bicyclic) bond motifs is 1. The fourth-order valence-corrected chi connectivity index (χ4v) is 3.22. The molecule has 0 amide bonds. The molecule has 3 heteroatoms. The van der Waals surface area contributed by atoms with Gasteiger partial charge in [0.1, 0.15) is 5.60 Å². The van der Waals surface area contributed by atoms with E-state index in [1.165, 1.54) is 12.8 Å². The molecule has 1 aliphatic carbocycles. The average Bonchev–Trinajstić information content (AvgIpc) is 2.72. The maximum Gasteiger partial charge on any atom is 0.196 e. The maximum absolute atomic E-state index is 5.58. The summed E-state index contributed by atoms with van der Waals surface area (Å²) >= 11 is 0. The molecule has 2 saturated heterocycles. The second-order valence-electron chi connectivity index (χ2n) is 5.35. The maximum atomic E-state index is 5.58. The van der Waals surface area contributed by atoms with Crippen molar-refractivity contribution >= 4 is 0 Å². The zero-order valence-corrected chi connectivity index (χ0v) is 8.75. The lowest BCUT2D eigenvalue weighted by Crippen LogP contribution is -2.47. The third-order valence-corrected chi connectivity index (χ3v) is 4.06. The minimum absolute atomic E-state index is 0.0267. The summed E-state index contributed by atoms with van der Waals surface area (Å²) in [6.07, 6.45) is 7.00. The minimum atomic E-state index is -0.117. The molecule has 3 rings (SSSR count). The topological polar surface area (TPSA) is 27.7 Å². The molecule has 1 saturated carbocycles.